The molecule has 2 heteroatoms. The fourth-order valence-electron chi connectivity index (χ4n) is 2.08. The van der Waals surface area contributed by atoms with Crippen LogP contribution in [0, 0.1) is 5.41 Å². The molecule has 0 fully saturated rings. The van der Waals surface area contributed by atoms with Gasteiger partial charge in [0.15, 0.2) is 0 Å². The van der Waals surface area contributed by atoms with Crippen LogP contribution in [0.3, 0.4) is 0 Å². The van der Waals surface area contributed by atoms with E-state index in [1.807, 2.05) is 0 Å². The summed E-state index contributed by atoms with van der Waals surface area (Å²) in [5.41, 5.74) is 2.66. The Bertz CT molecular complexity index is 367. The average molecular weight is 219 g/mol. The summed E-state index contributed by atoms with van der Waals surface area (Å²) in [4.78, 5) is 2.30. The van der Waals surface area contributed by atoms with Gasteiger partial charge < -0.3 is 10.0 Å². The number of nitrogens with zero attached hydrogens (tertiary/aromatic N) is 1. The Morgan fingerprint density at radius 3 is 2.69 bits per heavy atom. The largest absolute Gasteiger partial charge is 0.391 e. The van der Waals surface area contributed by atoms with Crippen molar-refractivity contribution in [3.63, 3.8) is 0 Å². The summed E-state index contributed by atoms with van der Waals surface area (Å²) < 4.78 is 0. The van der Waals surface area contributed by atoms with Gasteiger partial charge in [0.1, 0.15) is 0 Å². The second-order valence-electron chi connectivity index (χ2n) is 5.71. The van der Waals surface area contributed by atoms with E-state index >= 15 is 0 Å². The minimum atomic E-state index is -0.279. The molecule has 0 aromatic heterocycles. The highest BCUT2D eigenvalue weighted by atomic mass is 16.3. The highest BCUT2D eigenvalue weighted by Gasteiger charge is 2.27. The van der Waals surface area contributed by atoms with Gasteiger partial charge in [-0.05, 0) is 23.5 Å². The van der Waals surface area contributed by atoms with Gasteiger partial charge >= 0.3 is 0 Å². The summed E-state index contributed by atoms with van der Waals surface area (Å²) in [5.74, 6) is 0. The second kappa shape index (κ2) is 4.10. The van der Waals surface area contributed by atoms with Crippen molar-refractivity contribution in [1.29, 1.82) is 0 Å². The lowest BCUT2D eigenvalue weighted by Gasteiger charge is -2.31. The maximum absolute atomic E-state index is 10.1. The Labute approximate surface area is 97.9 Å². The maximum atomic E-state index is 10.1. The number of para-hydroxylation sites is 1. The third-order valence-electron chi connectivity index (χ3n) is 3.38. The zero-order valence-electron chi connectivity index (χ0n) is 10.4. The molecule has 0 saturated carbocycles. The molecule has 16 heavy (non-hydrogen) atoms. The number of β-amino-alcohol motifs (C(OH)–C–C–N with tert-alkyl or cyclic N) is 1. The van der Waals surface area contributed by atoms with Crippen LogP contribution in [0.15, 0.2) is 24.3 Å². The summed E-state index contributed by atoms with van der Waals surface area (Å²) in [7, 11) is 0. The fourth-order valence-corrected chi connectivity index (χ4v) is 2.08. The molecule has 0 amide bonds. The molecular weight excluding hydrogens is 198 g/mol. The molecule has 0 bridgehead atoms. The molecule has 2 nitrogen and oxygen atoms in total. The van der Waals surface area contributed by atoms with Crippen LogP contribution in [0.25, 0.3) is 0 Å². The Hall–Kier alpha value is -1.02. The lowest BCUT2D eigenvalue weighted by molar-refractivity contribution is 0.0693. The molecule has 1 aliphatic heterocycles. The first-order valence-electron chi connectivity index (χ1n) is 5.99. The fraction of sp³-hybridized carbons (Fsp3) is 0.571. The first-order chi connectivity index (χ1) is 7.48. The lowest BCUT2D eigenvalue weighted by Crippen LogP contribution is -2.38. The number of benzene rings is 1. The average Bonchev–Trinajstić information content (AvgIpc) is 2.61. The normalized spacial score (nSPS) is 17.4. The Morgan fingerprint density at radius 2 is 2.00 bits per heavy atom. The zero-order valence-corrected chi connectivity index (χ0v) is 10.4. The molecule has 1 N–H and O–H groups in total. The monoisotopic (exact) mass is 219 g/mol. The third kappa shape index (κ3) is 2.22. The number of hydrogen-bond acceptors (Lipinski definition) is 2. The van der Waals surface area contributed by atoms with E-state index in [1.165, 1.54) is 11.3 Å². The van der Waals surface area contributed by atoms with Gasteiger partial charge in [0.2, 0.25) is 0 Å². The van der Waals surface area contributed by atoms with Crippen LogP contribution >= 0.6 is 0 Å². The maximum Gasteiger partial charge on any atom is 0.0763 e. The van der Waals surface area contributed by atoms with Crippen molar-refractivity contribution in [1.82, 2.24) is 0 Å². The van der Waals surface area contributed by atoms with Crippen LogP contribution in [0.4, 0.5) is 5.69 Å². The number of anilines is 1. The minimum absolute atomic E-state index is 0.0441. The Kier molecular flexibility index (Phi) is 2.94. The quantitative estimate of drug-likeness (QED) is 0.826. The molecule has 1 unspecified atom stereocenters. The Morgan fingerprint density at radius 1 is 1.31 bits per heavy atom. The van der Waals surface area contributed by atoms with E-state index in [-0.39, 0.29) is 11.5 Å². The van der Waals surface area contributed by atoms with Crippen molar-refractivity contribution in [2.75, 3.05) is 18.0 Å². The van der Waals surface area contributed by atoms with Gasteiger partial charge in [-0.25, -0.2) is 0 Å². The number of fused-ring (bicyclic) bond motifs is 1. The molecule has 0 radical (unpaired) electrons. The molecule has 1 aromatic carbocycles. The topological polar surface area (TPSA) is 23.5 Å². The van der Waals surface area contributed by atoms with Crippen molar-refractivity contribution in [3.8, 4) is 0 Å². The van der Waals surface area contributed by atoms with Gasteiger partial charge in [-0.1, -0.05) is 39.0 Å². The SMILES string of the molecule is CC(C)(C)C(O)CN1CCc2ccccc21. The van der Waals surface area contributed by atoms with Gasteiger partial charge in [-0.15, -0.1) is 0 Å². The molecule has 1 atom stereocenters. The number of aliphatic hydroxyl groups is 1. The van der Waals surface area contributed by atoms with Gasteiger partial charge in [-0.2, -0.15) is 0 Å². The van der Waals surface area contributed by atoms with Crippen LogP contribution in [0.5, 0.6) is 0 Å². The first kappa shape index (κ1) is 11.5. The summed E-state index contributed by atoms with van der Waals surface area (Å²) in [5, 5.41) is 10.1. The number of hydrogen-bond donors (Lipinski definition) is 1. The summed E-state index contributed by atoms with van der Waals surface area (Å²) in [6.45, 7) is 8.02. The standard InChI is InChI=1S/C14H21NO/c1-14(2,3)13(16)10-15-9-8-11-6-4-5-7-12(11)15/h4-7,13,16H,8-10H2,1-3H3. The van der Waals surface area contributed by atoms with E-state index in [2.05, 4.69) is 49.9 Å². The van der Waals surface area contributed by atoms with E-state index < -0.39 is 0 Å². The van der Waals surface area contributed by atoms with Crippen LogP contribution < -0.4 is 4.90 Å². The molecule has 88 valence electrons. The van der Waals surface area contributed by atoms with Crippen molar-refractivity contribution >= 4 is 5.69 Å². The van der Waals surface area contributed by atoms with Gasteiger partial charge in [0.05, 0.1) is 6.10 Å². The predicted octanol–water partition coefficient (Wildman–Crippen LogP) is 2.46. The number of rotatable bonds is 2. The highest BCUT2D eigenvalue weighted by molar-refractivity contribution is 5.57. The zero-order chi connectivity index (χ0) is 11.8. The van der Waals surface area contributed by atoms with E-state index in [1.54, 1.807) is 0 Å². The molecule has 0 spiro atoms. The van der Waals surface area contributed by atoms with E-state index in [0.717, 1.165) is 19.5 Å². The van der Waals surface area contributed by atoms with Gasteiger partial charge in [0, 0.05) is 18.8 Å². The molecular formula is C14H21NO. The lowest BCUT2D eigenvalue weighted by atomic mass is 9.89. The third-order valence-corrected chi connectivity index (χ3v) is 3.38. The summed E-state index contributed by atoms with van der Waals surface area (Å²) in [6.07, 6.45) is 0.825. The smallest absolute Gasteiger partial charge is 0.0763 e. The first-order valence-corrected chi connectivity index (χ1v) is 5.99. The molecule has 2 rings (SSSR count). The van der Waals surface area contributed by atoms with Crippen LogP contribution in [-0.2, 0) is 6.42 Å². The minimum Gasteiger partial charge on any atom is -0.391 e. The van der Waals surface area contributed by atoms with E-state index in [9.17, 15) is 5.11 Å². The Balaban J connectivity index is 2.09. The molecule has 0 saturated heterocycles. The van der Waals surface area contributed by atoms with E-state index in [0.29, 0.717) is 0 Å². The summed E-state index contributed by atoms with van der Waals surface area (Å²) >= 11 is 0. The van der Waals surface area contributed by atoms with Crippen molar-refractivity contribution in [2.24, 2.45) is 5.41 Å². The van der Waals surface area contributed by atoms with E-state index in [4.69, 9.17) is 0 Å². The number of aliphatic hydroxyl groups excluding tert-OH is 1. The van der Waals surface area contributed by atoms with Crippen LogP contribution in [0.1, 0.15) is 26.3 Å². The van der Waals surface area contributed by atoms with Crippen molar-refractivity contribution < 1.29 is 5.11 Å². The molecule has 1 heterocycles. The van der Waals surface area contributed by atoms with Crippen molar-refractivity contribution in [2.45, 2.75) is 33.3 Å². The van der Waals surface area contributed by atoms with Gasteiger partial charge in [-0.3, -0.25) is 0 Å². The molecule has 0 aliphatic carbocycles. The second-order valence-corrected chi connectivity index (χ2v) is 5.71. The van der Waals surface area contributed by atoms with Crippen LogP contribution in [0.2, 0.25) is 0 Å². The summed E-state index contributed by atoms with van der Waals surface area (Å²) in [6, 6.07) is 8.49. The van der Waals surface area contributed by atoms with Gasteiger partial charge in [0.25, 0.3) is 0 Å². The van der Waals surface area contributed by atoms with Crippen molar-refractivity contribution in [3.05, 3.63) is 29.8 Å². The highest BCUT2D eigenvalue weighted by Crippen LogP contribution is 2.29. The predicted molar refractivity (Wildman–Crippen MR) is 67.8 cm³/mol. The molecule has 1 aromatic rings. The van der Waals surface area contributed by atoms with Crippen LogP contribution in [-0.4, -0.2) is 24.3 Å². The molecule has 1 aliphatic rings.